The number of benzene rings is 1. The molecule has 3 aromatic heterocycles. The fourth-order valence-electron chi connectivity index (χ4n) is 3.59. The molecule has 1 aromatic carbocycles. The molecule has 0 aliphatic carbocycles. The lowest BCUT2D eigenvalue weighted by molar-refractivity contribution is -0.147. The zero-order valence-corrected chi connectivity index (χ0v) is 19.7. The molecule has 0 fully saturated rings. The zero-order valence-electron chi connectivity index (χ0n) is 18.9. The zero-order chi connectivity index (χ0) is 28.0. The van der Waals surface area contributed by atoms with Crippen molar-refractivity contribution in [2.24, 2.45) is 0 Å². The smallest absolute Gasteiger partial charge is 0.291 e. The van der Waals surface area contributed by atoms with Crippen molar-refractivity contribution < 1.29 is 39.2 Å². The third-order valence-corrected chi connectivity index (χ3v) is 6.98. The molecule has 0 bridgehead atoms. The number of fused-ring (bicyclic) bond motifs is 1. The van der Waals surface area contributed by atoms with Crippen molar-refractivity contribution in [2.75, 3.05) is 0 Å². The largest absolute Gasteiger partial charge is 0.417 e. The Hall–Kier alpha value is -4.03. The number of nitriles is 1. The Bertz CT molecular complexity index is 1650. The molecule has 1 N–H and O–H groups in total. The topological polar surface area (TPSA) is 101 Å². The van der Waals surface area contributed by atoms with Gasteiger partial charge in [0.25, 0.3) is 0 Å². The van der Waals surface area contributed by atoms with E-state index < -0.39 is 44.7 Å². The number of alkyl halides is 6. The van der Waals surface area contributed by atoms with Crippen molar-refractivity contribution in [1.29, 1.82) is 5.26 Å². The first-order valence-corrected chi connectivity index (χ1v) is 11.9. The van der Waals surface area contributed by atoms with Crippen LogP contribution in [-0.2, 0) is 16.2 Å². The predicted molar refractivity (Wildman–Crippen MR) is 120 cm³/mol. The lowest BCUT2D eigenvalue weighted by Gasteiger charge is -2.17. The van der Waals surface area contributed by atoms with Gasteiger partial charge in [-0.3, -0.25) is 9.55 Å². The molecule has 0 spiro atoms. The normalized spacial score (nSPS) is 13.4. The quantitative estimate of drug-likeness (QED) is 0.334. The minimum Gasteiger partial charge on any atom is -0.291 e. The second-order valence-electron chi connectivity index (χ2n) is 8.00. The van der Waals surface area contributed by atoms with E-state index in [1.807, 2.05) is 6.07 Å². The van der Waals surface area contributed by atoms with Gasteiger partial charge < -0.3 is 0 Å². The first-order chi connectivity index (χ1) is 17.6. The van der Waals surface area contributed by atoms with E-state index in [2.05, 4.69) is 9.97 Å². The SMILES string of the molecule is CC(NS(=O)(=O)c1ccc(-c2c(C#N)c3cc(F)ccc3n2-c2ccc(C(F)(F)F)cn2)nc1)C(F)(F)F. The summed E-state index contributed by atoms with van der Waals surface area (Å²) >= 11 is 0. The minimum atomic E-state index is -4.84. The molecule has 198 valence electrons. The summed E-state index contributed by atoms with van der Waals surface area (Å²) < 4.78 is 119. The summed E-state index contributed by atoms with van der Waals surface area (Å²) in [4.78, 5) is 7.20. The summed E-state index contributed by atoms with van der Waals surface area (Å²) in [5.74, 6) is -0.803. The van der Waals surface area contributed by atoms with E-state index in [9.17, 15) is 44.4 Å². The Morgan fingerprint density at radius 2 is 1.71 bits per heavy atom. The number of nitrogens with one attached hydrogen (secondary N) is 1. The van der Waals surface area contributed by atoms with E-state index in [0.717, 1.165) is 42.6 Å². The van der Waals surface area contributed by atoms with Crippen LogP contribution >= 0.6 is 0 Å². The molecule has 0 aliphatic rings. The molecule has 15 heteroatoms. The summed E-state index contributed by atoms with van der Waals surface area (Å²) in [6.45, 7) is 0.618. The molecular formula is C23H14F7N5O2S. The molecule has 0 amide bonds. The van der Waals surface area contributed by atoms with Gasteiger partial charge in [0.15, 0.2) is 0 Å². The fourth-order valence-corrected chi connectivity index (χ4v) is 4.76. The van der Waals surface area contributed by atoms with Gasteiger partial charge in [-0.15, -0.1) is 0 Å². The van der Waals surface area contributed by atoms with Gasteiger partial charge in [-0.05, 0) is 49.4 Å². The second-order valence-corrected chi connectivity index (χ2v) is 9.71. The molecule has 0 aliphatic heterocycles. The number of hydrogen-bond donors (Lipinski definition) is 1. The van der Waals surface area contributed by atoms with E-state index in [1.165, 1.54) is 15.4 Å². The van der Waals surface area contributed by atoms with Crippen LogP contribution in [0.4, 0.5) is 30.7 Å². The molecule has 4 aromatic rings. The Balaban J connectivity index is 1.88. The summed E-state index contributed by atoms with van der Waals surface area (Å²) in [5, 5.41) is 9.92. The van der Waals surface area contributed by atoms with E-state index in [0.29, 0.717) is 13.1 Å². The van der Waals surface area contributed by atoms with Crippen LogP contribution in [0.15, 0.2) is 59.8 Å². The molecule has 3 heterocycles. The summed E-state index contributed by atoms with van der Waals surface area (Å²) in [6, 6.07) is 6.68. The van der Waals surface area contributed by atoms with Crippen molar-refractivity contribution >= 4 is 20.9 Å². The van der Waals surface area contributed by atoms with Gasteiger partial charge in [0.2, 0.25) is 10.0 Å². The molecular weight excluding hydrogens is 543 g/mol. The third kappa shape index (κ3) is 5.04. The van der Waals surface area contributed by atoms with E-state index in [1.54, 1.807) is 0 Å². The molecule has 0 saturated carbocycles. The maximum atomic E-state index is 14.0. The molecule has 4 rings (SSSR count). The highest BCUT2D eigenvalue weighted by molar-refractivity contribution is 7.89. The molecule has 38 heavy (non-hydrogen) atoms. The Labute approximate surface area is 210 Å². The molecule has 7 nitrogen and oxygen atoms in total. The number of sulfonamides is 1. The number of rotatable bonds is 5. The van der Waals surface area contributed by atoms with Crippen LogP contribution in [0, 0.1) is 17.1 Å². The van der Waals surface area contributed by atoms with Crippen LogP contribution in [0.5, 0.6) is 0 Å². The van der Waals surface area contributed by atoms with Crippen molar-refractivity contribution in [1.82, 2.24) is 19.3 Å². The van der Waals surface area contributed by atoms with Gasteiger partial charge in [-0.25, -0.2) is 17.8 Å². The van der Waals surface area contributed by atoms with Crippen LogP contribution in [0.25, 0.3) is 28.1 Å². The van der Waals surface area contributed by atoms with Crippen LogP contribution in [-0.4, -0.2) is 35.2 Å². The van der Waals surface area contributed by atoms with Gasteiger partial charge in [-0.2, -0.15) is 36.3 Å². The van der Waals surface area contributed by atoms with Crippen LogP contribution in [0.3, 0.4) is 0 Å². The van der Waals surface area contributed by atoms with Gasteiger partial charge in [0.1, 0.15) is 28.6 Å². The first kappa shape index (κ1) is 27.0. The number of hydrogen-bond acceptors (Lipinski definition) is 5. The highest BCUT2D eigenvalue weighted by Gasteiger charge is 2.39. The van der Waals surface area contributed by atoms with E-state index in [-0.39, 0.29) is 33.7 Å². The highest BCUT2D eigenvalue weighted by Crippen LogP contribution is 2.36. The number of halogens is 7. The van der Waals surface area contributed by atoms with Crippen LogP contribution < -0.4 is 4.72 Å². The Kier molecular flexibility index (Phi) is 6.66. The lowest BCUT2D eigenvalue weighted by Crippen LogP contribution is -2.42. The highest BCUT2D eigenvalue weighted by atomic mass is 32.2. The van der Waals surface area contributed by atoms with Crippen molar-refractivity contribution in [3.8, 4) is 23.3 Å². The molecule has 1 atom stereocenters. The first-order valence-electron chi connectivity index (χ1n) is 10.5. The average molecular weight is 557 g/mol. The standard InChI is InChI=1S/C23H14F7N5O2S/c1-12(22(25,26)27)34-38(36,37)15-4-5-18(32-11-15)21-17(9-31)16-8-14(24)3-6-19(16)35(21)20-7-2-13(10-33-20)23(28,29)30/h2-8,10-12,34H,1H3. The Morgan fingerprint density at radius 1 is 1.00 bits per heavy atom. The van der Waals surface area contributed by atoms with E-state index in [4.69, 9.17) is 0 Å². The maximum Gasteiger partial charge on any atom is 0.417 e. The van der Waals surface area contributed by atoms with Gasteiger partial charge in [0.05, 0.1) is 28.0 Å². The number of aromatic nitrogens is 3. The van der Waals surface area contributed by atoms with Gasteiger partial charge >= 0.3 is 12.4 Å². The Morgan fingerprint density at radius 3 is 2.24 bits per heavy atom. The van der Waals surface area contributed by atoms with Gasteiger partial charge in [-0.1, -0.05) is 0 Å². The van der Waals surface area contributed by atoms with Gasteiger partial charge in [0, 0.05) is 17.8 Å². The van der Waals surface area contributed by atoms with Crippen molar-refractivity contribution in [3.05, 3.63) is 71.8 Å². The monoisotopic (exact) mass is 557 g/mol. The summed E-state index contributed by atoms with van der Waals surface area (Å²) in [6.07, 6.45) is -8.19. The van der Waals surface area contributed by atoms with E-state index >= 15 is 0 Å². The van der Waals surface area contributed by atoms with Crippen LogP contribution in [0.1, 0.15) is 18.1 Å². The summed E-state index contributed by atoms with van der Waals surface area (Å²) in [5.41, 5.74) is -1.14. The second kappa shape index (κ2) is 9.37. The molecule has 1 unspecified atom stereocenters. The fraction of sp³-hybridized carbons (Fsp3) is 0.174. The predicted octanol–water partition coefficient (Wildman–Crippen LogP) is 5.35. The number of nitrogens with zero attached hydrogens (tertiary/aromatic N) is 4. The number of pyridine rings is 2. The minimum absolute atomic E-state index is 0.0547. The average Bonchev–Trinajstić information content (AvgIpc) is 3.16. The lowest BCUT2D eigenvalue weighted by atomic mass is 10.1. The van der Waals surface area contributed by atoms with Crippen molar-refractivity contribution in [2.45, 2.75) is 30.2 Å². The van der Waals surface area contributed by atoms with Crippen molar-refractivity contribution in [3.63, 3.8) is 0 Å². The maximum absolute atomic E-state index is 14.0. The van der Waals surface area contributed by atoms with Crippen LogP contribution in [0.2, 0.25) is 0 Å². The third-order valence-electron chi connectivity index (χ3n) is 5.46. The molecule has 0 radical (unpaired) electrons. The summed E-state index contributed by atoms with van der Waals surface area (Å²) in [7, 11) is -4.64. The molecule has 0 saturated heterocycles.